The molecule has 0 atom stereocenters. The lowest BCUT2D eigenvalue weighted by atomic mass is 9.78. The van der Waals surface area contributed by atoms with Gasteiger partial charge in [-0.15, -0.1) is 0 Å². The van der Waals surface area contributed by atoms with Gasteiger partial charge in [0.1, 0.15) is 7.05 Å². The van der Waals surface area contributed by atoms with Crippen molar-refractivity contribution in [1.82, 2.24) is 0 Å². The number of hydrogen-bond acceptors (Lipinski definition) is 0. The quantitative estimate of drug-likeness (QED) is 0.716. The largest absolute Gasteiger partial charge is 0.212 e. The standard InChI is InChI=1S/C19H26N/c1-6-19(4,7-2)16-12-13-20(5)18(14-16)17-11-9-8-10-15(17)3/h8-14H,6-7H2,1-5H3/q+1/i12D. The molecule has 106 valence electrons. The van der Waals surface area contributed by atoms with Crippen molar-refractivity contribution in [1.29, 1.82) is 0 Å². The van der Waals surface area contributed by atoms with Gasteiger partial charge in [-0.25, -0.2) is 4.57 Å². The minimum Gasteiger partial charge on any atom is -0.201 e. The molecule has 0 amide bonds. The summed E-state index contributed by atoms with van der Waals surface area (Å²) in [6.45, 7) is 8.83. The van der Waals surface area contributed by atoms with Crippen molar-refractivity contribution in [3.05, 3.63) is 53.7 Å². The van der Waals surface area contributed by atoms with Crippen LogP contribution in [0.1, 0.15) is 46.1 Å². The van der Waals surface area contributed by atoms with Crippen molar-refractivity contribution in [2.45, 2.75) is 46.0 Å². The van der Waals surface area contributed by atoms with Gasteiger partial charge < -0.3 is 0 Å². The lowest BCUT2D eigenvalue weighted by Gasteiger charge is -2.27. The summed E-state index contributed by atoms with van der Waals surface area (Å²) in [4.78, 5) is 0. The average Bonchev–Trinajstić information content (AvgIpc) is 2.48. The van der Waals surface area contributed by atoms with Crippen molar-refractivity contribution in [2.24, 2.45) is 7.05 Å². The van der Waals surface area contributed by atoms with Crippen LogP contribution in [0.15, 0.2) is 42.6 Å². The summed E-state index contributed by atoms with van der Waals surface area (Å²) in [7, 11) is 2.03. The third-order valence-electron chi connectivity index (χ3n) is 4.71. The van der Waals surface area contributed by atoms with E-state index in [4.69, 9.17) is 1.37 Å². The number of aryl methyl sites for hydroxylation is 2. The summed E-state index contributed by atoms with van der Waals surface area (Å²) in [5.74, 6) is 0. The van der Waals surface area contributed by atoms with Crippen LogP contribution in [-0.2, 0) is 12.5 Å². The summed E-state index contributed by atoms with van der Waals surface area (Å²) in [6, 6.07) is 11.3. The van der Waals surface area contributed by atoms with E-state index in [0.29, 0.717) is 6.04 Å². The number of aromatic nitrogens is 1. The fourth-order valence-electron chi connectivity index (χ4n) is 2.62. The van der Waals surface area contributed by atoms with E-state index < -0.39 is 0 Å². The molecule has 0 aliphatic rings. The van der Waals surface area contributed by atoms with Gasteiger partial charge in [-0.1, -0.05) is 39.0 Å². The second kappa shape index (κ2) is 5.78. The van der Waals surface area contributed by atoms with Crippen LogP contribution >= 0.6 is 0 Å². The Hall–Kier alpha value is -1.63. The molecule has 0 spiro atoms. The summed E-state index contributed by atoms with van der Waals surface area (Å²) in [5.41, 5.74) is 4.93. The van der Waals surface area contributed by atoms with Crippen LogP contribution in [0.25, 0.3) is 11.3 Å². The van der Waals surface area contributed by atoms with Crippen molar-refractivity contribution >= 4 is 0 Å². The Balaban J connectivity index is 2.67. The topological polar surface area (TPSA) is 3.88 Å². The molecule has 2 aromatic rings. The molecule has 0 fully saturated rings. The normalized spacial score (nSPS) is 12.3. The summed E-state index contributed by atoms with van der Waals surface area (Å²) < 4.78 is 10.4. The van der Waals surface area contributed by atoms with Gasteiger partial charge in [0.15, 0.2) is 6.20 Å². The molecule has 0 aliphatic carbocycles. The molecular weight excluding hydrogens is 242 g/mol. The molecule has 20 heavy (non-hydrogen) atoms. The number of pyridine rings is 1. The first kappa shape index (κ1) is 13.4. The van der Waals surface area contributed by atoms with Crippen LogP contribution < -0.4 is 4.57 Å². The summed E-state index contributed by atoms with van der Waals surface area (Å²) >= 11 is 0. The van der Waals surface area contributed by atoms with E-state index in [2.05, 4.69) is 62.6 Å². The highest BCUT2D eigenvalue weighted by Gasteiger charge is 2.25. The lowest BCUT2D eigenvalue weighted by molar-refractivity contribution is -0.660. The number of benzene rings is 1. The van der Waals surface area contributed by atoms with Crippen LogP contribution in [0.5, 0.6) is 0 Å². The Labute approximate surface area is 124 Å². The van der Waals surface area contributed by atoms with Crippen molar-refractivity contribution in [3.63, 3.8) is 0 Å². The molecule has 1 aromatic carbocycles. The Morgan fingerprint density at radius 3 is 2.45 bits per heavy atom. The highest BCUT2D eigenvalue weighted by Crippen LogP contribution is 2.32. The molecule has 0 unspecified atom stereocenters. The third kappa shape index (κ3) is 2.63. The van der Waals surface area contributed by atoms with Gasteiger partial charge in [0.05, 0.1) is 1.37 Å². The molecule has 1 aromatic heterocycles. The van der Waals surface area contributed by atoms with Crippen molar-refractivity contribution in [3.8, 4) is 11.3 Å². The zero-order chi connectivity index (χ0) is 15.6. The van der Waals surface area contributed by atoms with Crippen LogP contribution in [0, 0.1) is 6.92 Å². The first-order chi connectivity index (χ1) is 9.92. The first-order valence-electron chi connectivity index (χ1n) is 7.99. The lowest BCUT2D eigenvalue weighted by Crippen LogP contribution is -2.32. The van der Waals surface area contributed by atoms with E-state index >= 15 is 0 Å². The van der Waals surface area contributed by atoms with E-state index in [1.54, 1.807) is 0 Å². The summed E-state index contributed by atoms with van der Waals surface area (Å²) in [5, 5.41) is 0. The maximum Gasteiger partial charge on any atom is 0.212 e. The Kier molecular flexibility index (Phi) is 3.86. The SMILES string of the molecule is [2H]c1c[n+](C)c(-c2ccccc2C)cc1C(C)(CC)CC. The fraction of sp³-hybridized carbons (Fsp3) is 0.421. The maximum absolute atomic E-state index is 8.37. The minimum absolute atomic E-state index is 0.0722. The zero-order valence-corrected chi connectivity index (χ0v) is 13.3. The maximum atomic E-state index is 8.37. The molecule has 0 N–H and O–H groups in total. The molecule has 1 heterocycles. The van der Waals surface area contributed by atoms with E-state index in [0.717, 1.165) is 18.4 Å². The molecule has 0 radical (unpaired) electrons. The number of nitrogens with zero attached hydrogens (tertiary/aromatic N) is 1. The fourth-order valence-corrected chi connectivity index (χ4v) is 2.62. The second-order valence-corrected chi connectivity index (χ2v) is 5.91. The summed E-state index contributed by atoms with van der Waals surface area (Å²) in [6.07, 6.45) is 4.05. The van der Waals surface area contributed by atoms with Gasteiger partial charge in [0, 0.05) is 17.7 Å². The molecule has 1 heteroatoms. The molecule has 2 rings (SSSR count). The number of rotatable bonds is 4. The Bertz CT molecular complexity index is 642. The van der Waals surface area contributed by atoms with Crippen LogP contribution in [0.2, 0.25) is 0 Å². The van der Waals surface area contributed by atoms with Crippen molar-refractivity contribution < 1.29 is 5.94 Å². The first-order valence-corrected chi connectivity index (χ1v) is 7.49. The Morgan fingerprint density at radius 2 is 1.85 bits per heavy atom. The van der Waals surface area contributed by atoms with Crippen molar-refractivity contribution in [2.75, 3.05) is 0 Å². The molecular formula is C19H26N+. The van der Waals surface area contributed by atoms with Gasteiger partial charge >= 0.3 is 0 Å². The average molecular weight is 269 g/mol. The van der Waals surface area contributed by atoms with E-state index in [9.17, 15) is 0 Å². The van der Waals surface area contributed by atoms with Gasteiger partial charge in [-0.05, 0) is 42.4 Å². The van der Waals surface area contributed by atoms with E-state index in [1.807, 2.05) is 13.2 Å². The Morgan fingerprint density at radius 1 is 1.20 bits per heavy atom. The van der Waals surface area contributed by atoms with Crippen LogP contribution in [0.4, 0.5) is 0 Å². The monoisotopic (exact) mass is 269 g/mol. The molecule has 0 bridgehead atoms. The molecule has 0 saturated carbocycles. The van der Waals surface area contributed by atoms with E-state index in [1.165, 1.54) is 16.8 Å². The molecule has 1 nitrogen and oxygen atoms in total. The van der Waals surface area contributed by atoms with Gasteiger partial charge in [0.25, 0.3) is 0 Å². The smallest absolute Gasteiger partial charge is 0.201 e. The third-order valence-corrected chi connectivity index (χ3v) is 4.71. The molecule has 0 aliphatic heterocycles. The minimum atomic E-state index is 0.0722. The highest BCUT2D eigenvalue weighted by molar-refractivity contribution is 5.61. The van der Waals surface area contributed by atoms with Gasteiger partial charge in [0.2, 0.25) is 5.69 Å². The number of hydrogen-bond donors (Lipinski definition) is 0. The molecule has 0 saturated heterocycles. The van der Waals surface area contributed by atoms with Crippen LogP contribution in [-0.4, -0.2) is 0 Å². The highest BCUT2D eigenvalue weighted by atomic mass is 14.9. The predicted molar refractivity (Wildman–Crippen MR) is 85.7 cm³/mol. The predicted octanol–water partition coefficient (Wildman–Crippen LogP) is 4.56. The second-order valence-electron chi connectivity index (χ2n) is 5.91. The zero-order valence-electron chi connectivity index (χ0n) is 14.3. The van der Waals surface area contributed by atoms with Crippen LogP contribution in [0.3, 0.4) is 0 Å². The van der Waals surface area contributed by atoms with Gasteiger partial charge in [-0.3, -0.25) is 0 Å². The van der Waals surface area contributed by atoms with E-state index in [-0.39, 0.29) is 5.41 Å². The van der Waals surface area contributed by atoms with Gasteiger partial charge in [-0.2, -0.15) is 0 Å².